The molecule has 0 spiro atoms. The van der Waals surface area contributed by atoms with Gasteiger partial charge in [-0.3, -0.25) is 9.59 Å². The second-order valence-electron chi connectivity index (χ2n) is 4.88. The van der Waals surface area contributed by atoms with Crippen LogP contribution in [0.5, 0.6) is 5.75 Å². The summed E-state index contributed by atoms with van der Waals surface area (Å²) in [4.78, 5) is 23.3. The fourth-order valence-electron chi connectivity index (χ4n) is 1.93. The van der Waals surface area contributed by atoms with Crippen LogP contribution in [-0.4, -0.2) is 25.0 Å². The first-order chi connectivity index (χ1) is 11.7. The van der Waals surface area contributed by atoms with Crippen LogP contribution >= 0.6 is 0 Å². The second kappa shape index (κ2) is 8.96. The first kappa shape index (κ1) is 17.0. The van der Waals surface area contributed by atoms with E-state index in [2.05, 4.69) is 10.6 Å². The Balaban J connectivity index is 1.76. The molecule has 0 aromatic heterocycles. The van der Waals surface area contributed by atoms with Gasteiger partial charge in [0.15, 0.2) is 0 Å². The number of carbonyl (C=O) groups excluding carboxylic acids is 2. The van der Waals surface area contributed by atoms with Crippen LogP contribution in [0.3, 0.4) is 0 Å². The lowest BCUT2D eigenvalue weighted by Gasteiger charge is -2.08. The maximum atomic E-state index is 12.0. The Morgan fingerprint density at radius 3 is 2.42 bits per heavy atom. The molecule has 6 heteroatoms. The van der Waals surface area contributed by atoms with Gasteiger partial charge in [-0.25, -0.2) is 0 Å². The molecule has 0 unspecified atom stereocenters. The molecule has 0 atom stereocenters. The van der Waals surface area contributed by atoms with Crippen molar-refractivity contribution >= 4 is 17.5 Å². The van der Waals surface area contributed by atoms with Crippen LogP contribution in [-0.2, 0) is 4.79 Å². The highest BCUT2D eigenvalue weighted by molar-refractivity contribution is 5.96. The number of ether oxygens (including phenoxy) is 1. The van der Waals surface area contributed by atoms with E-state index in [1.807, 2.05) is 30.3 Å². The summed E-state index contributed by atoms with van der Waals surface area (Å²) in [5.41, 5.74) is 1.02. The Morgan fingerprint density at radius 2 is 1.75 bits per heavy atom. The van der Waals surface area contributed by atoms with E-state index in [1.54, 1.807) is 30.3 Å². The van der Waals surface area contributed by atoms with Crippen molar-refractivity contribution in [2.24, 2.45) is 0 Å². The van der Waals surface area contributed by atoms with Gasteiger partial charge in [-0.1, -0.05) is 18.2 Å². The van der Waals surface area contributed by atoms with Crippen LogP contribution in [0, 0.1) is 11.3 Å². The molecule has 0 aliphatic rings. The van der Waals surface area contributed by atoms with E-state index in [0.717, 1.165) is 5.75 Å². The Labute approximate surface area is 140 Å². The second-order valence-corrected chi connectivity index (χ2v) is 4.88. The minimum Gasteiger partial charge on any atom is -0.492 e. The zero-order valence-corrected chi connectivity index (χ0v) is 13.0. The fourth-order valence-corrected chi connectivity index (χ4v) is 1.93. The van der Waals surface area contributed by atoms with Crippen molar-refractivity contribution in [1.82, 2.24) is 5.32 Å². The first-order valence-corrected chi connectivity index (χ1v) is 7.42. The summed E-state index contributed by atoms with van der Waals surface area (Å²) in [6, 6.07) is 17.6. The molecule has 0 radical (unpaired) electrons. The Morgan fingerprint density at radius 1 is 1.04 bits per heavy atom. The summed E-state index contributed by atoms with van der Waals surface area (Å²) >= 11 is 0. The van der Waals surface area contributed by atoms with Gasteiger partial charge >= 0.3 is 0 Å². The molecule has 0 aliphatic carbocycles. The maximum Gasteiger partial charge on any atom is 0.251 e. The van der Waals surface area contributed by atoms with E-state index in [4.69, 9.17) is 10.00 Å². The highest BCUT2D eigenvalue weighted by atomic mass is 16.5. The topological polar surface area (TPSA) is 91.2 Å². The van der Waals surface area contributed by atoms with Crippen LogP contribution in [0.4, 0.5) is 5.69 Å². The first-order valence-electron chi connectivity index (χ1n) is 7.42. The smallest absolute Gasteiger partial charge is 0.251 e. The van der Waals surface area contributed by atoms with Crippen molar-refractivity contribution < 1.29 is 14.3 Å². The van der Waals surface area contributed by atoms with Gasteiger partial charge < -0.3 is 15.4 Å². The normalized spacial score (nSPS) is 9.62. The lowest BCUT2D eigenvalue weighted by molar-refractivity contribution is -0.115. The Hall–Kier alpha value is -3.33. The Bertz CT molecular complexity index is 721. The van der Waals surface area contributed by atoms with Crippen LogP contribution in [0.25, 0.3) is 0 Å². The van der Waals surface area contributed by atoms with Gasteiger partial charge in [0.2, 0.25) is 5.91 Å². The zero-order valence-electron chi connectivity index (χ0n) is 13.0. The number of benzene rings is 2. The number of nitrogens with zero attached hydrogens (tertiary/aromatic N) is 1. The van der Waals surface area contributed by atoms with Gasteiger partial charge in [0, 0.05) is 11.3 Å². The number of anilines is 1. The third-order valence-electron chi connectivity index (χ3n) is 3.07. The lowest BCUT2D eigenvalue weighted by Crippen LogP contribution is -2.28. The molecule has 0 heterocycles. The average molecular weight is 323 g/mol. The van der Waals surface area contributed by atoms with Crippen molar-refractivity contribution in [2.45, 2.75) is 6.42 Å². The molecule has 122 valence electrons. The van der Waals surface area contributed by atoms with Crippen molar-refractivity contribution in [2.75, 3.05) is 18.5 Å². The van der Waals surface area contributed by atoms with E-state index in [9.17, 15) is 9.59 Å². The molecule has 2 aromatic carbocycles. The third-order valence-corrected chi connectivity index (χ3v) is 3.07. The number of rotatable bonds is 7. The molecule has 0 fully saturated rings. The third kappa shape index (κ3) is 5.46. The molecule has 0 saturated carbocycles. The monoisotopic (exact) mass is 323 g/mol. The summed E-state index contributed by atoms with van der Waals surface area (Å²) in [5, 5.41) is 13.8. The molecule has 0 aliphatic heterocycles. The van der Waals surface area contributed by atoms with Crippen LogP contribution in [0.15, 0.2) is 54.6 Å². The molecule has 2 aromatic rings. The van der Waals surface area contributed by atoms with Crippen LogP contribution in [0.1, 0.15) is 16.8 Å². The number of carbonyl (C=O) groups is 2. The number of hydrogen-bond donors (Lipinski definition) is 2. The molecule has 6 nitrogen and oxygen atoms in total. The van der Waals surface area contributed by atoms with Gasteiger partial charge in [-0.05, 0) is 36.4 Å². The average Bonchev–Trinajstić information content (AvgIpc) is 2.60. The molecule has 2 rings (SSSR count). The highest BCUT2D eigenvalue weighted by Crippen LogP contribution is 2.10. The van der Waals surface area contributed by atoms with Crippen LogP contribution < -0.4 is 15.4 Å². The van der Waals surface area contributed by atoms with Gasteiger partial charge in [0.05, 0.1) is 12.6 Å². The van der Waals surface area contributed by atoms with Crippen molar-refractivity contribution in [3.8, 4) is 11.8 Å². The van der Waals surface area contributed by atoms with Crippen molar-refractivity contribution in [1.29, 1.82) is 5.26 Å². The zero-order chi connectivity index (χ0) is 17.2. The predicted octanol–water partition coefficient (Wildman–Crippen LogP) is 2.35. The SMILES string of the molecule is N#CCC(=O)Nc1ccc(C(=O)NCCOc2ccccc2)cc1. The minimum absolute atomic E-state index is 0.205. The Kier molecular flexibility index (Phi) is 6.35. The predicted molar refractivity (Wildman–Crippen MR) is 89.6 cm³/mol. The van der Waals surface area contributed by atoms with E-state index in [1.165, 1.54) is 0 Å². The number of nitriles is 1. The standard InChI is InChI=1S/C18H17N3O3/c19-11-10-17(22)21-15-8-6-14(7-9-15)18(23)20-12-13-24-16-4-2-1-3-5-16/h1-9H,10,12-13H2,(H,20,23)(H,21,22). The number of hydrogen-bond acceptors (Lipinski definition) is 4. The van der Waals surface area contributed by atoms with Gasteiger partial charge in [-0.2, -0.15) is 5.26 Å². The molecule has 2 N–H and O–H groups in total. The summed E-state index contributed by atoms with van der Waals surface area (Å²) in [5.74, 6) is 0.151. The van der Waals surface area contributed by atoms with Crippen molar-refractivity contribution in [3.63, 3.8) is 0 Å². The summed E-state index contributed by atoms with van der Waals surface area (Å²) in [7, 11) is 0. The quantitative estimate of drug-likeness (QED) is 0.765. The van der Waals surface area contributed by atoms with E-state index in [-0.39, 0.29) is 18.2 Å². The lowest BCUT2D eigenvalue weighted by atomic mass is 10.2. The molecular weight excluding hydrogens is 306 g/mol. The van der Waals surface area contributed by atoms with E-state index >= 15 is 0 Å². The van der Waals surface area contributed by atoms with Gasteiger partial charge in [0.1, 0.15) is 18.8 Å². The number of nitrogens with one attached hydrogen (secondary N) is 2. The molecular formula is C18H17N3O3. The molecule has 24 heavy (non-hydrogen) atoms. The minimum atomic E-state index is -0.382. The number of para-hydroxylation sites is 1. The summed E-state index contributed by atoms with van der Waals surface area (Å²) in [6.07, 6.45) is -0.205. The van der Waals surface area contributed by atoms with E-state index < -0.39 is 0 Å². The number of amides is 2. The largest absolute Gasteiger partial charge is 0.492 e. The van der Waals surface area contributed by atoms with Crippen LogP contribution in [0.2, 0.25) is 0 Å². The van der Waals surface area contributed by atoms with Crippen molar-refractivity contribution in [3.05, 3.63) is 60.2 Å². The summed E-state index contributed by atoms with van der Waals surface area (Å²) in [6.45, 7) is 0.756. The fraction of sp³-hybridized carbons (Fsp3) is 0.167. The maximum absolute atomic E-state index is 12.0. The molecule has 0 bridgehead atoms. The van der Waals surface area contributed by atoms with Gasteiger partial charge in [-0.15, -0.1) is 0 Å². The van der Waals surface area contributed by atoms with Gasteiger partial charge in [0.25, 0.3) is 5.91 Å². The molecule has 2 amide bonds. The highest BCUT2D eigenvalue weighted by Gasteiger charge is 2.06. The molecule has 0 saturated heterocycles. The van der Waals surface area contributed by atoms with E-state index in [0.29, 0.717) is 24.4 Å². The summed E-state index contributed by atoms with van der Waals surface area (Å²) < 4.78 is 5.49.